The zero-order valence-electron chi connectivity index (χ0n) is 15.6. The van der Waals surface area contributed by atoms with Crippen LogP contribution in [0.15, 0.2) is 18.5 Å². The lowest BCUT2D eigenvalue weighted by Crippen LogP contribution is -2.50. The summed E-state index contributed by atoms with van der Waals surface area (Å²) < 4.78 is 26.1. The number of aromatic nitrogens is 3. The molecule has 1 N–H and O–H groups in total. The average Bonchev–Trinajstić information content (AvgIpc) is 3.32. The van der Waals surface area contributed by atoms with Crippen LogP contribution in [0.4, 0.5) is 0 Å². The molecule has 2 aromatic rings. The largest absolute Gasteiger partial charge is 0.347 e. The van der Waals surface area contributed by atoms with Gasteiger partial charge in [-0.1, -0.05) is 0 Å². The van der Waals surface area contributed by atoms with Gasteiger partial charge in [0.15, 0.2) is 15.5 Å². The molecule has 2 aliphatic heterocycles. The normalized spacial score (nSPS) is 25.4. The van der Waals surface area contributed by atoms with Crippen molar-refractivity contribution < 1.29 is 13.2 Å². The van der Waals surface area contributed by atoms with Crippen LogP contribution < -0.4 is 5.32 Å². The first-order chi connectivity index (χ1) is 12.8. The van der Waals surface area contributed by atoms with E-state index in [9.17, 15) is 13.2 Å². The van der Waals surface area contributed by atoms with Crippen LogP contribution in [0.25, 0.3) is 11.0 Å². The second-order valence-corrected chi connectivity index (χ2v) is 9.94. The number of nitrogens with zero attached hydrogens (tertiary/aromatic N) is 4. The first-order valence-corrected chi connectivity index (χ1v) is 11.2. The van der Waals surface area contributed by atoms with E-state index in [1.54, 1.807) is 12.3 Å². The van der Waals surface area contributed by atoms with Crippen LogP contribution in [0.1, 0.15) is 43.1 Å². The predicted octanol–water partition coefficient (Wildman–Crippen LogP) is 1.00. The van der Waals surface area contributed by atoms with Crippen LogP contribution in [-0.4, -0.2) is 70.7 Å². The molecular weight excluding hydrogens is 366 g/mol. The van der Waals surface area contributed by atoms with Gasteiger partial charge in [0.2, 0.25) is 0 Å². The number of pyridine rings is 1. The highest BCUT2D eigenvalue weighted by Gasteiger charge is 2.42. The lowest BCUT2D eigenvalue weighted by atomic mass is 10.1. The second-order valence-electron chi connectivity index (χ2n) is 7.79. The summed E-state index contributed by atoms with van der Waals surface area (Å²) in [6.45, 7) is 5.84. The van der Waals surface area contributed by atoms with Crippen LogP contribution in [0.5, 0.6) is 0 Å². The molecule has 9 heteroatoms. The summed E-state index contributed by atoms with van der Waals surface area (Å²) in [4.78, 5) is 19.4. The Kier molecular flexibility index (Phi) is 4.67. The van der Waals surface area contributed by atoms with Crippen molar-refractivity contribution >= 4 is 26.8 Å². The molecule has 0 spiro atoms. The molecule has 0 bridgehead atoms. The Bertz CT molecular complexity index is 963. The topological polar surface area (TPSA) is 97.2 Å². The molecule has 8 nitrogen and oxygen atoms in total. The highest BCUT2D eigenvalue weighted by molar-refractivity contribution is 7.91. The minimum absolute atomic E-state index is 0.000855. The average molecular weight is 391 g/mol. The Hall–Kier alpha value is -2.00. The molecule has 2 unspecified atom stereocenters. The maximum Gasteiger partial charge on any atom is 0.253 e. The molecule has 0 saturated carbocycles. The van der Waals surface area contributed by atoms with Gasteiger partial charge in [-0.15, -0.1) is 0 Å². The Morgan fingerprint density at radius 1 is 1.22 bits per heavy atom. The van der Waals surface area contributed by atoms with E-state index in [-0.39, 0.29) is 35.5 Å². The first kappa shape index (κ1) is 18.4. The van der Waals surface area contributed by atoms with Gasteiger partial charge in [0, 0.05) is 23.7 Å². The molecule has 2 aromatic heterocycles. The number of carbonyl (C=O) groups is 1. The molecule has 4 heterocycles. The van der Waals surface area contributed by atoms with Crippen molar-refractivity contribution in [2.75, 3.05) is 24.6 Å². The maximum atomic E-state index is 12.8. The number of nitrogens with one attached hydrogen (secondary N) is 1. The van der Waals surface area contributed by atoms with Gasteiger partial charge in [-0.2, -0.15) is 5.10 Å². The van der Waals surface area contributed by atoms with Gasteiger partial charge in [0.05, 0.1) is 29.3 Å². The molecule has 0 radical (unpaired) electrons. The van der Waals surface area contributed by atoms with Gasteiger partial charge < -0.3 is 5.32 Å². The van der Waals surface area contributed by atoms with E-state index in [1.807, 2.05) is 18.5 Å². The quantitative estimate of drug-likeness (QED) is 0.835. The Morgan fingerprint density at radius 3 is 2.67 bits per heavy atom. The second kappa shape index (κ2) is 6.87. The third-order valence-corrected chi connectivity index (χ3v) is 7.15. The van der Waals surface area contributed by atoms with Crippen LogP contribution >= 0.6 is 0 Å². The third kappa shape index (κ3) is 3.58. The standard InChI is InChI=1S/C18H25N5O3S/c1-12(2)23-17-13(9-20-23)7-14(8-19-17)18(24)21-15-10-27(25,26)11-16(15)22-5-3-4-6-22/h7-9,12,15-16H,3-6,10-11H2,1-2H3,(H,21,24). The summed E-state index contributed by atoms with van der Waals surface area (Å²) in [6, 6.07) is 1.42. The van der Waals surface area contributed by atoms with Crippen molar-refractivity contribution in [1.29, 1.82) is 0 Å². The SMILES string of the molecule is CC(C)n1ncc2cc(C(=O)NC3CS(=O)(=O)CC3N3CCCC3)cnc21. The van der Waals surface area contributed by atoms with Crippen LogP contribution in [0.3, 0.4) is 0 Å². The number of rotatable bonds is 4. The summed E-state index contributed by atoms with van der Waals surface area (Å²) >= 11 is 0. The van der Waals surface area contributed by atoms with E-state index < -0.39 is 9.84 Å². The van der Waals surface area contributed by atoms with Crippen molar-refractivity contribution in [2.24, 2.45) is 0 Å². The highest BCUT2D eigenvalue weighted by atomic mass is 32.2. The smallest absolute Gasteiger partial charge is 0.253 e. The molecule has 0 aromatic carbocycles. The predicted molar refractivity (Wildman–Crippen MR) is 102 cm³/mol. The third-order valence-electron chi connectivity index (χ3n) is 5.43. The van der Waals surface area contributed by atoms with E-state index in [4.69, 9.17) is 0 Å². The van der Waals surface area contributed by atoms with Crippen molar-refractivity contribution in [3.63, 3.8) is 0 Å². The minimum atomic E-state index is -3.14. The summed E-state index contributed by atoms with van der Waals surface area (Å²) in [7, 11) is -3.14. The molecule has 2 aliphatic rings. The monoisotopic (exact) mass is 391 g/mol. The van der Waals surface area contributed by atoms with E-state index in [1.165, 1.54) is 6.20 Å². The number of amides is 1. The van der Waals surface area contributed by atoms with Gasteiger partial charge >= 0.3 is 0 Å². The summed E-state index contributed by atoms with van der Waals surface area (Å²) in [6.07, 6.45) is 5.40. The molecule has 27 heavy (non-hydrogen) atoms. The summed E-state index contributed by atoms with van der Waals surface area (Å²) in [5.74, 6) is -0.162. The van der Waals surface area contributed by atoms with Crippen LogP contribution in [0.2, 0.25) is 0 Å². The first-order valence-electron chi connectivity index (χ1n) is 9.43. The van der Waals surface area contributed by atoms with Crippen molar-refractivity contribution in [2.45, 2.75) is 44.8 Å². The van der Waals surface area contributed by atoms with Crippen molar-refractivity contribution in [1.82, 2.24) is 25.0 Å². The van der Waals surface area contributed by atoms with Crippen LogP contribution in [-0.2, 0) is 9.84 Å². The van der Waals surface area contributed by atoms with E-state index >= 15 is 0 Å². The van der Waals surface area contributed by atoms with E-state index in [0.29, 0.717) is 5.56 Å². The van der Waals surface area contributed by atoms with Gasteiger partial charge in [0.25, 0.3) is 5.91 Å². The lowest BCUT2D eigenvalue weighted by molar-refractivity contribution is 0.0918. The minimum Gasteiger partial charge on any atom is -0.347 e. The fourth-order valence-corrected chi connectivity index (χ4v) is 6.05. The number of sulfone groups is 1. The zero-order chi connectivity index (χ0) is 19.2. The molecule has 4 rings (SSSR count). The fourth-order valence-electron chi connectivity index (χ4n) is 4.09. The molecule has 2 fully saturated rings. The Balaban J connectivity index is 1.54. The molecule has 2 atom stereocenters. The maximum absolute atomic E-state index is 12.8. The van der Waals surface area contributed by atoms with Crippen LogP contribution in [0, 0.1) is 0 Å². The van der Waals surface area contributed by atoms with E-state index in [2.05, 4.69) is 20.3 Å². The summed E-state index contributed by atoms with van der Waals surface area (Å²) in [5.41, 5.74) is 1.16. The molecule has 1 amide bonds. The molecular formula is C18H25N5O3S. The number of hydrogen-bond acceptors (Lipinski definition) is 6. The lowest BCUT2D eigenvalue weighted by Gasteiger charge is -2.28. The Morgan fingerprint density at radius 2 is 1.96 bits per heavy atom. The fraction of sp³-hybridized carbons (Fsp3) is 0.611. The number of likely N-dealkylation sites (tertiary alicyclic amines) is 1. The summed E-state index contributed by atoms with van der Waals surface area (Å²) in [5, 5.41) is 8.06. The molecule has 146 valence electrons. The molecule has 0 aliphatic carbocycles. The van der Waals surface area contributed by atoms with E-state index in [0.717, 1.165) is 37.0 Å². The molecule has 2 saturated heterocycles. The highest BCUT2D eigenvalue weighted by Crippen LogP contribution is 2.23. The van der Waals surface area contributed by atoms with Gasteiger partial charge in [0.1, 0.15) is 0 Å². The van der Waals surface area contributed by atoms with Gasteiger partial charge in [-0.25, -0.2) is 18.1 Å². The van der Waals surface area contributed by atoms with Crippen molar-refractivity contribution in [3.05, 3.63) is 24.0 Å². The Labute approximate surface area is 158 Å². The number of fused-ring (bicyclic) bond motifs is 1. The zero-order valence-corrected chi connectivity index (χ0v) is 16.4. The van der Waals surface area contributed by atoms with Gasteiger partial charge in [-0.3, -0.25) is 9.69 Å². The number of hydrogen-bond donors (Lipinski definition) is 1. The van der Waals surface area contributed by atoms with Crippen molar-refractivity contribution in [3.8, 4) is 0 Å². The number of carbonyl (C=O) groups excluding carboxylic acids is 1. The van der Waals surface area contributed by atoms with Gasteiger partial charge in [-0.05, 0) is 45.8 Å².